The van der Waals surface area contributed by atoms with Gasteiger partial charge in [0, 0.05) is 12.6 Å². The van der Waals surface area contributed by atoms with Gasteiger partial charge in [-0.15, -0.1) is 0 Å². The maximum absolute atomic E-state index is 12.1. The van der Waals surface area contributed by atoms with Gasteiger partial charge in [-0.05, 0) is 71.1 Å². The number of carbonyl (C=O) groups excluding carboxylic acids is 1. The van der Waals surface area contributed by atoms with Crippen molar-refractivity contribution >= 4 is 6.09 Å². The van der Waals surface area contributed by atoms with Crippen LogP contribution in [-0.4, -0.2) is 29.8 Å². The van der Waals surface area contributed by atoms with E-state index in [1.165, 1.54) is 38.5 Å². The fraction of sp³-hybridized carbons (Fsp3) is 0.950. The summed E-state index contributed by atoms with van der Waals surface area (Å²) in [6.07, 6.45) is 9.60. The Morgan fingerprint density at radius 1 is 1.12 bits per heavy atom. The molecule has 2 aliphatic carbocycles. The smallest absolute Gasteiger partial charge is 0.408 e. The van der Waals surface area contributed by atoms with Gasteiger partial charge in [0.15, 0.2) is 0 Å². The van der Waals surface area contributed by atoms with Gasteiger partial charge in [0.2, 0.25) is 0 Å². The Hall–Kier alpha value is -0.770. The SMILES string of the molecule is CC(C)C1CCCC(NCC2(NC(=O)OC(C)(C)C)CCC2)CC1. The molecule has 0 heterocycles. The number of carbonyl (C=O) groups is 1. The summed E-state index contributed by atoms with van der Waals surface area (Å²) in [6, 6.07) is 0.603. The lowest BCUT2D eigenvalue weighted by Crippen LogP contribution is -2.60. The monoisotopic (exact) mass is 338 g/mol. The molecule has 2 unspecified atom stereocenters. The van der Waals surface area contributed by atoms with E-state index in [1.54, 1.807) is 0 Å². The summed E-state index contributed by atoms with van der Waals surface area (Å²) in [5.74, 6) is 1.69. The molecular formula is C20H38N2O2. The number of ether oxygens (including phenoxy) is 1. The summed E-state index contributed by atoms with van der Waals surface area (Å²) in [6.45, 7) is 11.3. The van der Waals surface area contributed by atoms with E-state index in [1.807, 2.05) is 20.8 Å². The van der Waals surface area contributed by atoms with E-state index in [0.717, 1.165) is 31.2 Å². The standard InChI is InChI=1S/C20H38N2O2/c1-15(2)16-8-6-9-17(11-10-16)21-14-20(12-7-13-20)22-18(23)24-19(3,4)5/h15-17,21H,6-14H2,1-5H3,(H,22,23). The van der Waals surface area contributed by atoms with Gasteiger partial charge >= 0.3 is 6.09 Å². The highest BCUT2D eigenvalue weighted by Crippen LogP contribution is 2.33. The second-order valence-corrected chi connectivity index (χ2v) is 9.35. The Bertz CT molecular complexity index is 410. The van der Waals surface area contributed by atoms with E-state index in [0.29, 0.717) is 6.04 Å². The minimum atomic E-state index is -0.435. The average Bonchev–Trinajstić information content (AvgIpc) is 2.65. The molecule has 0 bridgehead atoms. The molecule has 4 nitrogen and oxygen atoms in total. The summed E-state index contributed by atoms with van der Waals surface area (Å²) < 4.78 is 5.44. The molecule has 1 amide bonds. The van der Waals surface area contributed by atoms with Crippen LogP contribution in [0.15, 0.2) is 0 Å². The lowest BCUT2D eigenvalue weighted by Gasteiger charge is -2.43. The number of amides is 1. The fourth-order valence-corrected chi connectivity index (χ4v) is 4.01. The van der Waals surface area contributed by atoms with E-state index in [4.69, 9.17) is 4.74 Å². The Labute approximate surface area is 148 Å². The van der Waals surface area contributed by atoms with Gasteiger partial charge in [-0.2, -0.15) is 0 Å². The molecular weight excluding hydrogens is 300 g/mol. The minimum Gasteiger partial charge on any atom is -0.444 e. The van der Waals surface area contributed by atoms with Crippen molar-refractivity contribution in [3.63, 3.8) is 0 Å². The van der Waals surface area contributed by atoms with E-state index >= 15 is 0 Å². The van der Waals surface area contributed by atoms with E-state index in [9.17, 15) is 4.79 Å². The fourth-order valence-electron chi connectivity index (χ4n) is 4.01. The Morgan fingerprint density at radius 3 is 2.38 bits per heavy atom. The second-order valence-electron chi connectivity index (χ2n) is 9.35. The van der Waals surface area contributed by atoms with Crippen molar-refractivity contribution in [1.82, 2.24) is 10.6 Å². The predicted molar refractivity (Wildman–Crippen MR) is 99.2 cm³/mol. The van der Waals surface area contributed by atoms with Crippen molar-refractivity contribution in [2.75, 3.05) is 6.54 Å². The molecule has 4 heteroatoms. The molecule has 24 heavy (non-hydrogen) atoms. The highest BCUT2D eigenvalue weighted by atomic mass is 16.6. The molecule has 0 saturated heterocycles. The zero-order valence-corrected chi connectivity index (χ0v) is 16.4. The summed E-state index contributed by atoms with van der Waals surface area (Å²) >= 11 is 0. The maximum Gasteiger partial charge on any atom is 0.408 e. The van der Waals surface area contributed by atoms with Gasteiger partial charge in [-0.25, -0.2) is 4.79 Å². The molecule has 2 rings (SSSR count). The van der Waals surface area contributed by atoms with Crippen LogP contribution in [0.5, 0.6) is 0 Å². The third kappa shape index (κ3) is 5.94. The average molecular weight is 339 g/mol. The molecule has 0 aromatic rings. The summed E-state index contributed by atoms with van der Waals surface area (Å²) in [7, 11) is 0. The van der Waals surface area contributed by atoms with Crippen LogP contribution < -0.4 is 10.6 Å². The topological polar surface area (TPSA) is 50.4 Å². The normalized spacial score (nSPS) is 27.2. The Kier molecular flexibility index (Phi) is 6.58. The summed E-state index contributed by atoms with van der Waals surface area (Å²) in [4.78, 5) is 12.1. The highest BCUT2D eigenvalue weighted by Gasteiger charge is 2.39. The first kappa shape index (κ1) is 19.6. The number of hydrogen-bond acceptors (Lipinski definition) is 3. The van der Waals surface area contributed by atoms with Crippen LogP contribution in [0.25, 0.3) is 0 Å². The van der Waals surface area contributed by atoms with Crippen LogP contribution in [0.3, 0.4) is 0 Å². The Balaban J connectivity index is 1.79. The van der Waals surface area contributed by atoms with E-state index in [2.05, 4.69) is 24.5 Å². The molecule has 0 radical (unpaired) electrons. The molecule has 0 spiro atoms. The van der Waals surface area contributed by atoms with Crippen LogP contribution in [0.4, 0.5) is 4.79 Å². The Morgan fingerprint density at radius 2 is 1.83 bits per heavy atom. The van der Waals surface area contributed by atoms with Crippen molar-refractivity contribution in [2.45, 2.75) is 103 Å². The first-order valence-electron chi connectivity index (χ1n) is 9.94. The number of hydrogen-bond donors (Lipinski definition) is 2. The second kappa shape index (κ2) is 8.07. The quantitative estimate of drug-likeness (QED) is 0.719. The minimum absolute atomic E-state index is 0.0912. The van der Waals surface area contributed by atoms with Gasteiger partial charge in [-0.3, -0.25) is 0 Å². The van der Waals surface area contributed by atoms with Gasteiger partial charge in [0.1, 0.15) is 5.60 Å². The zero-order chi connectivity index (χ0) is 17.8. The first-order valence-corrected chi connectivity index (χ1v) is 9.94. The van der Waals surface area contributed by atoms with Crippen LogP contribution in [0.1, 0.15) is 86.0 Å². The third-order valence-corrected chi connectivity index (χ3v) is 5.76. The van der Waals surface area contributed by atoms with Crippen LogP contribution in [-0.2, 0) is 4.74 Å². The van der Waals surface area contributed by atoms with Crippen molar-refractivity contribution < 1.29 is 9.53 Å². The van der Waals surface area contributed by atoms with Crippen molar-refractivity contribution in [3.8, 4) is 0 Å². The van der Waals surface area contributed by atoms with Crippen LogP contribution >= 0.6 is 0 Å². The molecule has 0 aliphatic heterocycles. The summed E-state index contributed by atoms with van der Waals surface area (Å²) in [5.41, 5.74) is -0.526. The number of alkyl carbamates (subject to hydrolysis) is 1. The van der Waals surface area contributed by atoms with Gasteiger partial charge in [-0.1, -0.05) is 26.7 Å². The highest BCUT2D eigenvalue weighted by molar-refractivity contribution is 5.69. The molecule has 2 saturated carbocycles. The molecule has 2 aliphatic rings. The van der Waals surface area contributed by atoms with Crippen molar-refractivity contribution in [1.29, 1.82) is 0 Å². The van der Waals surface area contributed by atoms with Gasteiger partial charge in [0.05, 0.1) is 5.54 Å². The lowest BCUT2D eigenvalue weighted by molar-refractivity contribution is 0.0378. The molecule has 0 aromatic carbocycles. The largest absolute Gasteiger partial charge is 0.444 e. The number of nitrogens with one attached hydrogen (secondary N) is 2. The molecule has 2 fully saturated rings. The van der Waals surface area contributed by atoms with Crippen LogP contribution in [0.2, 0.25) is 0 Å². The molecule has 2 atom stereocenters. The van der Waals surface area contributed by atoms with Crippen LogP contribution in [0, 0.1) is 11.8 Å². The molecule has 2 N–H and O–H groups in total. The maximum atomic E-state index is 12.1. The van der Waals surface area contributed by atoms with Crippen molar-refractivity contribution in [3.05, 3.63) is 0 Å². The van der Waals surface area contributed by atoms with Crippen molar-refractivity contribution in [2.24, 2.45) is 11.8 Å². The third-order valence-electron chi connectivity index (χ3n) is 5.76. The molecule has 140 valence electrons. The van der Waals surface area contributed by atoms with Gasteiger partial charge in [0.25, 0.3) is 0 Å². The first-order chi connectivity index (χ1) is 11.2. The number of rotatable bonds is 5. The zero-order valence-electron chi connectivity index (χ0n) is 16.4. The van der Waals surface area contributed by atoms with E-state index < -0.39 is 5.60 Å². The summed E-state index contributed by atoms with van der Waals surface area (Å²) in [5, 5.41) is 6.91. The lowest BCUT2D eigenvalue weighted by atomic mass is 9.76. The van der Waals surface area contributed by atoms with Gasteiger partial charge < -0.3 is 15.4 Å². The van der Waals surface area contributed by atoms with E-state index in [-0.39, 0.29) is 11.6 Å². The molecule has 0 aromatic heterocycles. The predicted octanol–water partition coefficient (Wildman–Crippen LogP) is 4.63.